The summed E-state index contributed by atoms with van der Waals surface area (Å²) in [5.41, 5.74) is 0. The molecule has 0 spiro atoms. The topological polar surface area (TPSA) is 35.6 Å². The van der Waals surface area contributed by atoms with Crippen molar-refractivity contribution in [3.63, 3.8) is 0 Å². The molecule has 4 nitrogen and oxygen atoms in total. The van der Waals surface area contributed by atoms with Crippen molar-refractivity contribution in [3.05, 3.63) is 0 Å². The van der Waals surface area contributed by atoms with Gasteiger partial charge < -0.3 is 15.1 Å². The van der Waals surface area contributed by atoms with Crippen LogP contribution in [0.3, 0.4) is 0 Å². The minimum absolute atomic E-state index is 0.396. The van der Waals surface area contributed by atoms with E-state index >= 15 is 0 Å². The van der Waals surface area contributed by atoms with Crippen LogP contribution in [0.5, 0.6) is 0 Å². The van der Waals surface area contributed by atoms with Crippen LogP contribution in [0.1, 0.15) is 32.6 Å². The normalized spacial score (nSPS) is 35.0. The van der Waals surface area contributed by atoms with E-state index in [2.05, 4.69) is 22.0 Å². The van der Waals surface area contributed by atoms with Gasteiger partial charge in [0, 0.05) is 38.6 Å². The highest BCUT2D eigenvalue weighted by Gasteiger charge is 2.44. The van der Waals surface area contributed by atoms with Gasteiger partial charge in [-0.1, -0.05) is 6.92 Å². The number of fused-ring (bicyclic) bond motifs is 1. The fourth-order valence-electron chi connectivity index (χ4n) is 4.24. The van der Waals surface area contributed by atoms with Gasteiger partial charge in [0.1, 0.15) is 0 Å². The van der Waals surface area contributed by atoms with Gasteiger partial charge in [-0.3, -0.25) is 4.79 Å². The van der Waals surface area contributed by atoms with Crippen molar-refractivity contribution >= 4 is 5.91 Å². The third kappa shape index (κ3) is 2.65. The Labute approximate surface area is 116 Å². The quantitative estimate of drug-likeness (QED) is 0.821. The van der Waals surface area contributed by atoms with Gasteiger partial charge in [0.15, 0.2) is 0 Å². The minimum Gasteiger partial charge on any atom is -0.339 e. The number of rotatable bonds is 4. The summed E-state index contributed by atoms with van der Waals surface area (Å²) in [4.78, 5) is 17.1. The van der Waals surface area contributed by atoms with Crippen molar-refractivity contribution in [1.29, 1.82) is 0 Å². The fraction of sp³-hybridized carbons (Fsp3) is 0.933. The van der Waals surface area contributed by atoms with Crippen molar-refractivity contribution in [2.24, 2.45) is 11.8 Å². The molecule has 1 N–H and O–H groups in total. The maximum Gasteiger partial charge on any atom is 0.224 e. The summed E-state index contributed by atoms with van der Waals surface area (Å²) in [7, 11) is 0. The maximum atomic E-state index is 12.5. The predicted octanol–water partition coefficient (Wildman–Crippen LogP) is 0.929. The molecule has 0 aliphatic carbocycles. The summed E-state index contributed by atoms with van der Waals surface area (Å²) in [5.74, 6) is 1.81. The number of carbonyl (C=O) groups is 1. The molecule has 0 radical (unpaired) electrons. The van der Waals surface area contributed by atoms with Crippen LogP contribution in [0.4, 0.5) is 0 Å². The summed E-state index contributed by atoms with van der Waals surface area (Å²) in [6.07, 6.45) is 4.46. The Hall–Kier alpha value is -0.610. The predicted molar refractivity (Wildman–Crippen MR) is 75.9 cm³/mol. The van der Waals surface area contributed by atoms with E-state index in [-0.39, 0.29) is 0 Å². The second-order valence-corrected chi connectivity index (χ2v) is 6.40. The molecule has 19 heavy (non-hydrogen) atoms. The van der Waals surface area contributed by atoms with Gasteiger partial charge in [-0.15, -0.1) is 0 Å². The molecule has 0 bridgehead atoms. The Morgan fingerprint density at radius 2 is 2.05 bits per heavy atom. The highest BCUT2D eigenvalue weighted by molar-refractivity contribution is 5.77. The molecule has 0 aromatic rings. The molecular formula is C15H27N3O. The zero-order valence-corrected chi connectivity index (χ0v) is 12.1. The summed E-state index contributed by atoms with van der Waals surface area (Å²) in [6, 6.07) is 0.492. The van der Waals surface area contributed by atoms with Gasteiger partial charge in [0.2, 0.25) is 5.91 Å². The largest absolute Gasteiger partial charge is 0.339 e. The number of hydrogen-bond donors (Lipinski definition) is 1. The lowest BCUT2D eigenvalue weighted by Gasteiger charge is -2.27. The first kappa shape index (κ1) is 13.4. The number of nitrogens with zero attached hydrogens (tertiary/aromatic N) is 2. The first-order valence-corrected chi connectivity index (χ1v) is 8.02. The van der Waals surface area contributed by atoms with E-state index in [1.165, 1.54) is 25.9 Å². The number of carbonyl (C=O) groups excluding carboxylic acids is 1. The fourth-order valence-corrected chi connectivity index (χ4v) is 4.24. The lowest BCUT2D eigenvalue weighted by atomic mass is 9.93. The zero-order valence-electron chi connectivity index (χ0n) is 12.1. The Balaban J connectivity index is 1.53. The Morgan fingerprint density at radius 1 is 1.26 bits per heavy atom. The van der Waals surface area contributed by atoms with E-state index in [1.807, 2.05) is 0 Å². The first-order valence-electron chi connectivity index (χ1n) is 8.02. The second kappa shape index (κ2) is 5.80. The smallest absolute Gasteiger partial charge is 0.224 e. The van der Waals surface area contributed by atoms with Crippen LogP contribution in [-0.2, 0) is 4.79 Å². The Morgan fingerprint density at radius 3 is 2.79 bits per heavy atom. The van der Waals surface area contributed by atoms with Gasteiger partial charge in [0.05, 0.1) is 0 Å². The third-order valence-corrected chi connectivity index (χ3v) is 5.30. The third-order valence-electron chi connectivity index (χ3n) is 5.30. The van der Waals surface area contributed by atoms with Gasteiger partial charge >= 0.3 is 0 Å². The van der Waals surface area contributed by atoms with Crippen LogP contribution in [0.25, 0.3) is 0 Å². The van der Waals surface area contributed by atoms with Crippen LogP contribution < -0.4 is 5.32 Å². The highest BCUT2D eigenvalue weighted by Crippen LogP contribution is 2.34. The monoisotopic (exact) mass is 265 g/mol. The van der Waals surface area contributed by atoms with Gasteiger partial charge in [-0.2, -0.15) is 0 Å². The molecule has 3 unspecified atom stereocenters. The van der Waals surface area contributed by atoms with Crippen LogP contribution in [0.2, 0.25) is 0 Å². The number of hydrogen-bond acceptors (Lipinski definition) is 3. The lowest BCUT2D eigenvalue weighted by Crippen LogP contribution is -2.40. The van der Waals surface area contributed by atoms with E-state index in [1.54, 1.807) is 0 Å². The molecule has 3 rings (SSSR count). The van der Waals surface area contributed by atoms with Gasteiger partial charge in [-0.25, -0.2) is 0 Å². The summed E-state index contributed by atoms with van der Waals surface area (Å²) in [5, 5.41) is 3.48. The molecule has 3 heterocycles. The number of likely N-dealkylation sites (tertiary alicyclic amines) is 2. The van der Waals surface area contributed by atoms with E-state index in [0.29, 0.717) is 23.8 Å². The first-order chi connectivity index (χ1) is 9.29. The highest BCUT2D eigenvalue weighted by atomic mass is 16.2. The molecule has 1 amide bonds. The minimum atomic E-state index is 0.396. The van der Waals surface area contributed by atoms with Crippen molar-refractivity contribution < 1.29 is 4.79 Å². The zero-order chi connectivity index (χ0) is 13.2. The lowest BCUT2D eigenvalue weighted by molar-refractivity contribution is -0.132. The number of nitrogens with one attached hydrogen (secondary N) is 1. The average molecular weight is 265 g/mol. The van der Waals surface area contributed by atoms with E-state index in [4.69, 9.17) is 0 Å². The summed E-state index contributed by atoms with van der Waals surface area (Å²) < 4.78 is 0. The van der Waals surface area contributed by atoms with Crippen LogP contribution >= 0.6 is 0 Å². The molecule has 0 saturated carbocycles. The summed E-state index contributed by atoms with van der Waals surface area (Å²) >= 11 is 0. The van der Waals surface area contributed by atoms with Crippen molar-refractivity contribution in [2.45, 2.75) is 38.6 Å². The van der Waals surface area contributed by atoms with Gasteiger partial charge in [-0.05, 0) is 44.2 Å². The Bertz CT molecular complexity index is 327. The second-order valence-electron chi connectivity index (χ2n) is 6.40. The van der Waals surface area contributed by atoms with E-state index < -0.39 is 0 Å². The molecule has 4 heteroatoms. The summed E-state index contributed by atoms with van der Waals surface area (Å²) in [6.45, 7) is 8.80. The average Bonchev–Trinajstić information content (AvgIpc) is 3.11. The van der Waals surface area contributed by atoms with E-state index in [9.17, 15) is 4.79 Å². The van der Waals surface area contributed by atoms with Gasteiger partial charge in [0.25, 0.3) is 0 Å². The SMILES string of the molecule is CCC1C2CNCC2CN1C(=O)CCN1CCCC1. The molecule has 3 aliphatic heterocycles. The van der Waals surface area contributed by atoms with Crippen molar-refractivity contribution in [2.75, 3.05) is 39.3 Å². The molecule has 108 valence electrons. The molecule has 3 atom stereocenters. The van der Waals surface area contributed by atoms with Crippen LogP contribution in [0, 0.1) is 11.8 Å². The number of amides is 1. The van der Waals surface area contributed by atoms with Crippen molar-refractivity contribution in [1.82, 2.24) is 15.1 Å². The standard InChI is InChI=1S/C15H27N3O/c1-2-14-13-10-16-9-12(13)11-18(14)15(19)5-8-17-6-3-4-7-17/h12-14,16H,2-11H2,1H3. The molecule has 3 aliphatic rings. The van der Waals surface area contributed by atoms with Crippen molar-refractivity contribution in [3.8, 4) is 0 Å². The molecule has 3 fully saturated rings. The van der Waals surface area contributed by atoms with Crippen LogP contribution in [0.15, 0.2) is 0 Å². The molecule has 0 aromatic heterocycles. The maximum absolute atomic E-state index is 12.5. The van der Waals surface area contributed by atoms with E-state index in [0.717, 1.165) is 39.0 Å². The molecule has 3 saturated heterocycles. The molecule has 0 aromatic carbocycles. The van der Waals surface area contributed by atoms with Crippen LogP contribution in [-0.4, -0.2) is 61.0 Å². The Kier molecular flexibility index (Phi) is 4.08. The molecular weight excluding hydrogens is 238 g/mol.